The van der Waals surface area contributed by atoms with Crippen LogP contribution in [0.1, 0.15) is 15.5 Å². The highest BCUT2D eigenvalue weighted by molar-refractivity contribution is 7.12. The molecule has 0 atom stereocenters. The number of imidazole rings is 1. The van der Waals surface area contributed by atoms with E-state index in [0.717, 1.165) is 16.7 Å². The van der Waals surface area contributed by atoms with E-state index in [-0.39, 0.29) is 24.9 Å². The molecule has 2 N–H and O–H groups in total. The van der Waals surface area contributed by atoms with Crippen molar-refractivity contribution in [2.24, 2.45) is 0 Å². The van der Waals surface area contributed by atoms with Crippen molar-refractivity contribution in [1.29, 1.82) is 0 Å². The molecule has 0 saturated heterocycles. The topological polar surface area (TPSA) is 76.0 Å². The molecule has 2 amide bonds. The standard InChI is InChI=1S/C21H18N4O2S/c26-20(23-15-7-2-1-3-8-15)14-25-17-10-5-4-9-16(17)24-19(25)13-22-21(27)18-11-6-12-28-18/h1-12H,13-14H2,(H,22,27)(H,23,26). The zero-order valence-electron chi connectivity index (χ0n) is 15.0. The van der Waals surface area contributed by atoms with Crippen LogP contribution in [0.4, 0.5) is 5.69 Å². The average Bonchev–Trinajstić information content (AvgIpc) is 3.36. The summed E-state index contributed by atoms with van der Waals surface area (Å²) in [5.74, 6) is 0.330. The second-order valence-electron chi connectivity index (χ2n) is 6.18. The van der Waals surface area contributed by atoms with Crippen LogP contribution >= 0.6 is 11.3 Å². The lowest BCUT2D eigenvalue weighted by Crippen LogP contribution is -2.26. The maximum Gasteiger partial charge on any atom is 0.261 e. The molecular weight excluding hydrogens is 372 g/mol. The van der Waals surface area contributed by atoms with E-state index >= 15 is 0 Å². The van der Waals surface area contributed by atoms with Crippen LogP contribution in [0.5, 0.6) is 0 Å². The fourth-order valence-electron chi connectivity index (χ4n) is 2.96. The number of nitrogens with one attached hydrogen (secondary N) is 2. The van der Waals surface area contributed by atoms with Crippen LogP contribution in [-0.4, -0.2) is 21.4 Å². The summed E-state index contributed by atoms with van der Waals surface area (Å²) in [4.78, 5) is 30.0. The van der Waals surface area contributed by atoms with E-state index in [4.69, 9.17) is 0 Å². The predicted octanol–water partition coefficient (Wildman–Crippen LogP) is 3.67. The molecule has 6 nitrogen and oxygen atoms in total. The van der Waals surface area contributed by atoms with Gasteiger partial charge >= 0.3 is 0 Å². The molecule has 0 saturated carbocycles. The minimum Gasteiger partial charge on any atom is -0.344 e. The molecule has 28 heavy (non-hydrogen) atoms. The monoisotopic (exact) mass is 390 g/mol. The van der Waals surface area contributed by atoms with Crippen molar-refractivity contribution in [2.75, 3.05) is 5.32 Å². The van der Waals surface area contributed by atoms with E-state index in [9.17, 15) is 9.59 Å². The van der Waals surface area contributed by atoms with E-state index in [0.29, 0.717) is 10.7 Å². The maximum atomic E-state index is 12.6. The summed E-state index contributed by atoms with van der Waals surface area (Å²) < 4.78 is 1.84. The minimum absolute atomic E-state index is 0.111. The molecular formula is C21H18N4O2S. The van der Waals surface area contributed by atoms with Crippen molar-refractivity contribution in [3.05, 3.63) is 82.8 Å². The van der Waals surface area contributed by atoms with Crippen LogP contribution in [0.2, 0.25) is 0 Å². The van der Waals surface area contributed by atoms with Crippen LogP contribution in [0.15, 0.2) is 72.1 Å². The summed E-state index contributed by atoms with van der Waals surface area (Å²) in [5.41, 5.74) is 2.38. The van der Waals surface area contributed by atoms with Gasteiger partial charge in [0.05, 0.1) is 22.5 Å². The summed E-state index contributed by atoms with van der Waals surface area (Å²) in [6.07, 6.45) is 0. The van der Waals surface area contributed by atoms with Crippen molar-refractivity contribution >= 4 is 39.9 Å². The second kappa shape index (κ2) is 8.06. The third-order valence-electron chi connectivity index (χ3n) is 4.24. The molecule has 7 heteroatoms. The van der Waals surface area contributed by atoms with Crippen LogP contribution in [0.25, 0.3) is 11.0 Å². The fourth-order valence-corrected chi connectivity index (χ4v) is 3.60. The molecule has 2 aromatic heterocycles. The lowest BCUT2D eigenvalue weighted by Gasteiger charge is -2.10. The Bertz CT molecular complexity index is 1100. The van der Waals surface area contributed by atoms with Crippen molar-refractivity contribution in [1.82, 2.24) is 14.9 Å². The number of anilines is 1. The highest BCUT2D eigenvalue weighted by atomic mass is 32.1. The smallest absolute Gasteiger partial charge is 0.261 e. The van der Waals surface area contributed by atoms with E-state index in [1.165, 1.54) is 11.3 Å². The molecule has 0 unspecified atom stereocenters. The van der Waals surface area contributed by atoms with Gasteiger partial charge in [-0.2, -0.15) is 0 Å². The SMILES string of the molecule is O=C(Cn1c(CNC(=O)c2cccs2)nc2ccccc21)Nc1ccccc1. The number of aromatic nitrogens is 2. The first-order valence-electron chi connectivity index (χ1n) is 8.81. The molecule has 2 heterocycles. The lowest BCUT2D eigenvalue weighted by molar-refractivity contribution is -0.116. The van der Waals surface area contributed by atoms with Gasteiger partial charge in [0.2, 0.25) is 5.91 Å². The van der Waals surface area contributed by atoms with E-state index in [1.54, 1.807) is 6.07 Å². The van der Waals surface area contributed by atoms with Crippen LogP contribution in [-0.2, 0) is 17.9 Å². The number of rotatable bonds is 6. The number of benzene rings is 2. The van der Waals surface area contributed by atoms with Crippen molar-refractivity contribution in [3.8, 4) is 0 Å². The third kappa shape index (κ3) is 3.94. The van der Waals surface area contributed by atoms with Gasteiger partial charge in [-0.15, -0.1) is 11.3 Å². The largest absolute Gasteiger partial charge is 0.344 e. The number of para-hydroxylation sites is 3. The van der Waals surface area contributed by atoms with E-state index in [1.807, 2.05) is 70.6 Å². The summed E-state index contributed by atoms with van der Waals surface area (Å²) in [6, 6.07) is 20.5. The number of fused-ring (bicyclic) bond motifs is 1. The molecule has 0 radical (unpaired) electrons. The third-order valence-corrected chi connectivity index (χ3v) is 5.11. The Balaban J connectivity index is 1.54. The van der Waals surface area contributed by atoms with Gasteiger partial charge in [-0.1, -0.05) is 36.4 Å². The molecule has 0 aliphatic carbocycles. The number of hydrogen-bond donors (Lipinski definition) is 2. The Labute approximate surface area is 165 Å². The van der Waals surface area contributed by atoms with Gasteiger partial charge in [0.15, 0.2) is 0 Å². The van der Waals surface area contributed by atoms with Crippen LogP contribution in [0.3, 0.4) is 0 Å². The summed E-state index contributed by atoms with van der Waals surface area (Å²) in [7, 11) is 0. The Morgan fingerprint density at radius 1 is 0.964 bits per heavy atom. The average molecular weight is 390 g/mol. The molecule has 0 aliphatic rings. The molecule has 0 bridgehead atoms. The Morgan fingerprint density at radius 2 is 1.75 bits per heavy atom. The highest BCUT2D eigenvalue weighted by Gasteiger charge is 2.15. The lowest BCUT2D eigenvalue weighted by atomic mass is 10.3. The summed E-state index contributed by atoms with van der Waals surface area (Å²) >= 11 is 1.38. The number of nitrogens with zero attached hydrogens (tertiary/aromatic N) is 2. The molecule has 4 rings (SSSR count). The zero-order chi connectivity index (χ0) is 19.3. The van der Waals surface area contributed by atoms with Crippen molar-refractivity contribution in [2.45, 2.75) is 13.1 Å². The molecule has 0 spiro atoms. The first-order valence-corrected chi connectivity index (χ1v) is 9.69. The number of hydrogen-bond acceptors (Lipinski definition) is 4. The van der Waals surface area contributed by atoms with Gasteiger partial charge in [-0.3, -0.25) is 9.59 Å². The Hall–Kier alpha value is -3.45. The normalized spacial score (nSPS) is 10.7. The van der Waals surface area contributed by atoms with Gasteiger partial charge in [0.25, 0.3) is 5.91 Å². The van der Waals surface area contributed by atoms with Crippen molar-refractivity contribution in [3.63, 3.8) is 0 Å². The Kier molecular flexibility index (Phi) is 5.16. The van der Waals surface area contributed by atoms with Gasteiger partial charge in [-0.05, 0) is 35.7 Å². The van der Waals surface area contributed by atoms with Crippen LogP contribution in [0, 0.1) is 0 Å². The van der Waals surface area contributed by atoms with Gasteiger partial charge in [0.1, 0.15) is 12.4 Å². The van der Waals surface area contributed by atoms with Gasteiger partial charge in [-0.25, -0.2) is 4.98 Å². The number of thiophene rings is 1. The molecule has 0 fully saturated rings. The molecule has 4 aromatic rings. The Morgan fingerprint density at radius 3 is 2.54 bits per heavy atom. The first-order chi connectivity index (χ1) is 13.7. The molecule has 140 valence electrons. The second-order valence-corrected chi connectivity index (χ2v) is 7.12. The predicted molar refractivity (Wildman–Crippen MR) is 110 cm³/mol. The van der Waals surface area contributed by atoms with Gasteiger partial charge < -0.3 is 15.2 Å². The number of amides is 2. The highest BCUT2D eigenvalue weighted by Crippen LogP contribution is 2.17. The quantitative estimate of drug-likeness (QED) is 0.527. The fraction of sp³-hybridized carbons (Fsp3) is 0.0952. The van der Waals surface area contributed by atoms with E-state index < -0.39 is 0 Å². The number of carbonyl (C=O) groups is 2. The summed E-state index contributed by atoms with van der Waals surface area (Å²) in [6.45, 7) is 0.351. The number of carbonyl (C=O) groups excluding carboxylic acids is 2. The summed E-state index contributed by atoms with van der Waals surface area (Å²) in [5, 5.41) is 7.63. The molecule has 2 aromatic carbocycles. The van der Waals surface area contributed by atoms with E-state index in [2.05, 4.69) is 15.6 Å². The van der Waals surface area contributed by atoms with Gasteiger partial charge in [0, 0.05) is 5.69 Å². The van der Waals surface area contributed by atoms with Crippen molar-refractivity contribution < 1.29 is 9.59 Å². The molecule has 0 aliphatic heterocycles. The zero-order valence-corrected chi connectivity index (χ0v) is 15.8. The minimum atomic E-state index is -0.153. The first kappa shape index (κ1) is 17.9. The van der Waals surface area contributed by atoms with Crippen LogP contribution < -0.4 is 10.6 Å². The maximum absolute atomic E-state index is 12.6.